The number of nitrogens with one attached hydrogen (secondary N) is 1. The Balaban J connectivity index is 1.94. The van der Waals surface area contributed by atoms with Gasteiger partial charge >= 0.3 is 6.18 Å². The monoisotopic (exact) mass is 464 g/mol. The second kappa shape index (κ2) is 8.84. The molecule has 5 nitrogen and oxygen atoms in total. The van der Waals surface area contributed by atoms with Crippen molar-refractivity contribution in [1.29, 1.82) is 5.26 Å². The molecule has 10 heteroatoms. The first kappa shape index (κ1) is 22.4. The van der Waals surface area contributed by atoms with Crippen LogP contribution in [0.5, 0.6) is 0 Å². The van der Waals surface area contributed by atoms with E-state index in [1.165, 1.54) is 10.8 Å². The van der Waals surface area contributed by atoms with E-state index >= 15 is 0 Å². The number of hydrogen-bond donors (Lipinski definition) is 1. The Hall–Kier alpha value is -3.28. The summed E-state index contributed by atoms with van der Waals surface area (Å²) in [4.78, 5) is 12.5. The van der Waals surface area contributed by atoms with Gasteiger partial charge in [-0.2, -0.15) is 23.5 Å². The zero-order valence-corrected chi connectivity index (χ0v) is 17.3. The Kier molecular flexibility index (Phi) is 6.39. The molecule has 31 heavy (non-hydrogen) atoms. The van der Waals surface area contributed by atoms with E-state index in [1.807, 2.05) is 6.07 Å². The fourth-order valence-electron chi connectivity index (χ4n) is 2.70. The SMILES string of the molecule is Cc1nn(-c2ccccc2)c(Cl)c1/C=C(\C#N)C(=O)Nc1cc(C(F)(F)F)ccc1Cl. The van der Waals surface area contributed by atoms with E-state index in [1.54, 1.807) is 37.3 Å². The number of aryl methyl sites for hydroxylation is 1. The maximum Gasteiger partial charge on any atom is 0.416 e. The summed E-state index contributed by atoms with van der Waals surface area (Å²) >= 11 is 12.3. The van der Waals surface area contributed by atoms with Gasteiger partial charge in [0.2, 0.25) is 0 Å². The summed E-state index contributed by atoms with van der Waals surface area (Å²) in [7, 11) is 0. The lowest BCUT2D eigenvalue weighted by molar-refractivity contribution is -0.137. The van der Waals surface area contributed by atoms with Crippen LogP contribution in [0.15, 0.2) is 54.1 Å². The molecule has 1 heterocycles. The maximum atomic E-state index is 12.9. The number of nitrogens with zero attached hydrogens (tertiary/aromatic N) is 3. The molecule has 3 aromatic rings. The van der Waals surface area contributed by atoms with Crippen molar-refractivity contribution >= 4 is 40.9 Å². The van der Waals surface area contributed by atoms with Gasteiger partial charge in [0.05, 0.1) is 27.7 Å². The summed E-state index contributed by atoms with van der Waals surface area (Å²) < 4.78 is 40.3. The van der Waals surface area contributed by atoms with Crippen LogP contribution in [0, 0.1) is 18.3 Å². The van der Waals surface area contributed by atoms with Crippen LogP contribution in [-0.2, 0) is 11.0 Å². The lowest BCUT2D eigenvalue weighted by atomic mass is 10.1. The van der Waals surface area contributed by atoms with Crippen LogP contribution in [-0.4, -0.2) is 15.7 Å². The van der Waals surface area contributed by atoms with Gasteiger partial charge < -0.3 is 5.32 Å². The van der Waals surface area contributed by atoms with Crippen molar-refractivity contribution in [2.75, 3.05) is 5.32 Å². The molecule has 0 radical (unpaired) electrons. The van der Waals surface area contributed by atoms with Crippen molar-refractivity contribution in [1.82, 2.24) is 9.78 Å². The molecular formula is C21H13Cl2F3N4O. The third-order valence-corrected chi connectivity index (χ3v) is 4.94. The van der Waals surface area contributed by atoms with Gasteiger partial charge in [0.15, 0.2) is 0 Å². The lowest BCUT2D eigenvalue weighted by Gasteiger charge is -2.11. The zero-order valence-electron chi connectivity index (χ0n) is 15.8. The number of nitriles is 1. The van der Waals surface area contributed by atoms with E-state index in [2.05, 4.69) is 10.4 Å². The van der Waals surface area contributed by atoms with Crippen molar-refractivity contribution in [2.45, 2.75) is 13.1 Å². The normalized spacial score (nSPS) is 11.8. The van der Waals surface area contributed by atoms with E-state index in [0.29, 0.717) is 23.0 Å². The molecule has 2 aromatic carbocycles. The summed E-state index contributed by atoms with van der Waals surface area (Å²) in [6, 6.07) is 13.2. The molecular weight excluding hydrogens is 452 g/mol. The molecule has 1 N–H and O–H groups in total. The summed E-state index contributed by atoms with van der Waals surface area (Å²) in [6.07, 6.45) is -3.39. The molecule has 0 spiro atoms. The average molecular weight is 465 g/mol. The number of carbonyl (C=O) groups is 1. The van der Waals surface area contributed by atoms with Crippen molar-refractivity contribution in [2.24, 2.45) is 0 Å². The molecule has 158 valence electrons. The highest BCUT2D eigenvalue weighted by atomic mass is 35.5. The van der Waals surface area contributed by atoms with Crippen LogP contribution < -0.4 is 5.32 Å². The van der Waals surface area contributed by atoms with Crippen LogP contribution >= 0.6 is 23.2 Å². The van der Waals surface area contributed by atoms with Crippen molar-refractivity contribution in [3.05, 3.63) is 81.1 Å². The Bertz CT molecular complexity index is 1210. The first-order chi connectivity index (χ1) is 14.6. The second-order valence-electron chi connectivity index (χ2n) is 6.35. The molecule has 0 saturated carbocycles. The Morgan fingerprint density at radius 1 is 1.19 bits per heavy atom. The molecule has 1 amide bonds. The zero-order chi connectivity index (χ0) is 22.8. The lowest BCUT2D eigenvalue weighted by Crippen LogP contribution is -2.15. The van der Waals surface area contributed by atoms with E-state index in [4.69, 9.17) is 23.2 Å². The van der Waals surface area contributed by atoms with Crippen molar-refractivity contribution < 1.29 is 18.0 Å². The number of para-hydroxylation sites is 1. The maximum absolute atomic E-state index is 12.9. The average Bonchev–Trinajstić information content (AvgIpc) is 3.01. The van der Waals surface area contributed by atoms with Crippen LogP contribution in [0.2, 0.25) is 10.2 Å². The fourth-order valence-corrected chi connectivity index (χ4v) is 3.19. The molecule has 0 bridgehead atoms. The Morgan fingerprint density at radius 3 is 2.48 bits per heavy atom. The number of hydrogen-bond acceptors (Lipinski definition) is 3. The third kappa shape index (κ3) is 4.90. The summed E-state index contributed by atoms with van der Waals surface area (Å²) in [5.74, 6) is -0.938. The van der Waals surface area contributed by atoms with E-state index in [9.17, 15) is 23.2 Å². The standard InChI is InChI=1S/C21H13Cl2F3N4O/c1-12-16(19(23)30(29-12)15-5-3-2-4-6-15)9-13(11-27)20(31)28-18-10-14(21(24,25)26)7-8-17(18)22/h2-10H,1H3,(H,28,31)/b13-9+. The molecule has 0 saturated heterocycles. The molecule has 0 unspecified atom stereocenters. The number of alkyl halides is 3. The topological polar surface area (TPSA) is 70.7 Å². The number of halogens is 5. The Labute approximate surface area is 185 Å². The summed E-state index contributed by atoms with van der Waals surface area (Å²) in [5, 5.41) is 16.0. The fraction of sp³-hybridized carbons (Fsp3) is 0.0952. The highest BCUT2D eigenvalue weighted by Crippen LogP contribution is 2.34. The molecule has 0 aliphatic rings. The van der Waals surface area contributed by atoms with Gasteiger partial charge in [-0.15, -0.1) is 0 Å². The first-order valence-electron chi connectivity index (χ1n) is 8.72. The summed E-state index contributed by atoms with van der Waals surface area (Å²) in [5.41, 5.74) is -0.193. The minimum absolute atomic E-state index is 0.107. The van der Waals surface area contributed by atoms with Gasteiger partial charge in [0.1, 0.15) is 16.8 Å². The van der Waals surface area contributed by atoms with Gasteiger partial charge in [-0.1, -0.05) is 41.4 Å². The molecule has 3 rings (SSSR count). The summed E-state index contributed by atoms with van der Waals surface area (Å²) in [6.45, 7) is 1.65. The highest BCUT2D eigenvalue weighted by molar-refractivity contribution is 6.34. The predicted octanol–water partition coefficient (Wildman–Crippen LogP) is 6.05. The van der Waals surface area contributed by atoms with E-state index in [-0.39, 0.29) is 21.4 Å². The minimum atomic E-state index is -4.62. The first-order valence-corrected chi connectivity index (χ1v) is 9.48. The number of carbonyl (C=O) groups excluding carboxylic acids is 1. The van der Waals surface area contributed by atoms with E-state index < -0.39 is 17.6 Å². The molecule has 0 fully saturated rings. The molecule has 1 aromatic heterocycles. The van der Waals surface area contributed by atoms with Crippen LogP contribution in [0.4, 0.5) is 18.9 Å². The van der Waals surface area contributed by atoms with Gasteiger partial charge in [-0.05, 0) is 43.3 Å². The number of amides is 1. The van der Waals surface area contributed by atoms with Gasteiger partial charge in [0, 0.05) is 5.56 Å². The Morgan fingerprint density at radius 2 is 1.87 bits per heavy atom. The smallest absolute Gasteiger partial charge is 0.320 e. The molecule has 0 atom stereocenters. The van der Waals surface area contributed by atoms with Crippen LogP contribution in [0.25, 0.3) is 11.8 Å². The predicted molar refractivity (Wildman–Crippen MR) is 112 cm³/mol. The van der Waals surface area contributed by atoms with Crippen molar-refractivity contribution in [3.8, 4) is 11.8 Å². The van der Waals surface area contributed by atoms with Gasteiger partial charge in [-0.3, -0.25) is 4.79 Å². The van der Waals surface area contributed by atoms with Gasteiger partial charge in [0.25, 0.3) is 5.91 Å². The number of benzene rings is 2. The highest BCUT2D eigenvalue weighted by Gasteiger charge is 2.31. The van der Waals surface area contributed by atoms with Gasteiger partial charge in [-0.25, -0.2) is 4.68 Å². The van der Waals surface area contributed by atoms with Crippen LogP contribution in [0.1, 0.15) is 16.8 Å². The number of anilines is 1. The molecule has 0 aliphatic heterocycles. The van der Waals surface area contributed by atoms with E-state index in [0.717, 1.165) is 12.1 Å². The minimum Gasteiger partial charge on any atom is -0.320 e. The quantitative estimate of drug-likeness (QED) is 0.377. The van der Waals surface area contributed by atoms with Crippen molar-refractivity contribution in [3.63, 3.8) is 0 Å². The third-order valence-electron chi connectivity index (χ3n) is 4.24. The van der Waals surface area contributed by atoms with Crippen LogP contribution in [0.3, 0.4) is 0 Å². The molecule has 0 aliphatic carbocycles. The number of aromatic nitrogens is 2. The largest absolute Gasteiger partial charge is 0.416 e. The number of rotatable bonds is 4. The second-order valence-corrected chi connectivity index (χ2v) is 7.12.